The van der Waals surface area contributed by atoms with Crippen molar-refractivity contribution >= 4 is 5.91 Å². The molecule has 3 heteroatoms. The van der Waals surface area contributed by atoms with Crippen molar-refractivity contribution in [3.63, 3.8) is 0 Å². The molecule has 1 aliphatic heterocycles. The monoisotopic (exact) mass is 308 g/mol. The van der Waals surface area contributed by atoms with Gasteiger partial charge in [0, 0.05) is 25.5 Å². The number of aryl methyl sites for hydroxylation is 2. The molecule has 0 unspecified atom stereocenters. The van der Waals surface area contributed by atoms with Crippen LogP contribution in [0.4, 0.5) is 0 Å². The summed E-state index contributed by atoms with van der Waals surface area (Å²) in [6, 6.07) is 12.3. The van der Waals surface area contributed by atoms with Gasteiger partial charge in [0.1, 0.15) is 0 Å². The lowest BCUT2D eigenvalue weighted by Crippen LogP contribution is -2.40. The first-order chi connectivity index (χ1) is 11.2. The number of hydrogen-bond acceptors (Lipinski definition) is 2. The van der Waals surface area contributed by atoms with Gasteiger partial charge in [-0.25, -0.2) is 0 Å². The number of nitrogens with zero attached hydrogens (tertiary/aromatic N) is 2. The molecule has 1 aliphatic rings. The van der Waals surface area contributed by atoms with Gasteiger partial charge in [0.2, 0.25) is 0 Å². The average molecular weight is 308 g/mol. The van der Waals surface area contributed by atoms with Crippen LogP contribution in [0.25, 0.3) is 0 Å². The molecule has 1 aromatic carbocycles. The number of hydrogen-bond donors (Lipinski definition) is 0. The Morgan fingerprint density at radius 3 is 2.91 bits per heavy atom. The van der Waals surface area contributed by atoms with Crippen LogP contribution in [0.2, 0.25) is 0 Å². The van der Waals surface area contributed by atoms with Crippen molar-refractivity contribution < 1.29 is 4.79 Å². The second-order valence-electron chi connectivity index (χ2n) is 6.47. The van der Waals surface area contributed by atoms with Crippen LogP contribution in [-0.4, -0.2) is 28.9 Å². The Bertz CT molecular complexity index is 654. The van der Waals surface area contributed by atoms with Crippen LogP contribution in [-0.2, 0) is 6.42 Å². The van der Waals surface area contributed by atoms with Crippen molar-refractivity contribution in [3.8, 4) is 0 Å². The number of piperidine rings is 1. The van der Waals surface area contributed by atoms with Crippen LogP contribution in [0, 0.1) is 12.8 Å². The highest BCUT2D eigenvalue weighted by Crippen LogP contribution is 2.23. The Morgan fingerprint density at radius 1 is 1.26 bits per heavy atom. The maximum absolute atomic E-state index is 12.6. The largest absolute Gasteiger partial charge is 0.338 e. The molecule has 120 valence electrons. The maximum atomic E-state index is 12.6. The summed E-state index contributed by atoms with van der Waals surface area (Å²) in [4.78, 5) is 18.6. The lowest BCUT2D eigenvalue weighted by Gasteiger charge is -2.33. The summed E-state index contributed by atoms with van der Waals surface area (Å²) in [5.41, 5.74) is 3.50. The summed E-state index contributed by atoms with van der Waals surface area (Å²) in [6.45, 7) is 3.92. The van der Waals surface area contributed by atoms with Crippen LogP contribution < -0.4 is 0 Å². The van der Waals surface area contributed by atoms with E-state index in [9.17, 15) is 4.79 Å². The molecule has 2 heterocycles. The van der Waals surface area contributed by atoms with Gasteiger partial charge in [0.05, 0.1) is 5.56 Å². The van der Waals surface area contributed by atoms with Crippen LogP contribution in [0.1, 0.15) is 40.7 Å². The molecule has 1 fully saturated rings. The van der Waals surface area contributed by atoms with Crippen molar-refractivity contribution in [2.45, 2.75) is 32.6 Å². The summed E-state index contributed by atoms with van der Waals surface area (Å²) in [7, 11) is 0. The highest BCUT2D eigenvalue weighted by atomic mass is 16.2. The quantitative estimate of drug-likeness (QED) is 0.859. The Morgan fingerprint density at radius 2 is 2.13 bits per heavy atom. The molecule has 0 aliphatic carbocycles. The fourth-order valence-corrected chi connectivity index (χ4v) is 3.41. The molecule has 0 bridgehead atoms. The van der Waals surface area contributed by atoms with Crippen LogP contribution in [0.15, 0.2) is 48.8 Å². The number of pyridine rings is 1. The Labute approximate surface area is 138 Å². The molecule has 1 saturated heterocycles. The molecule has 0 N–H and O–H groups in total. The predicted molar refractivity (Wildman–Crippen MR) is 92.4 cm³/mol. The number of carbonyl (C=O) groups excluding carboxylic acids is 1. The fourth-order valence-electron chi connectivity index (χ4n) is 3.41. The summed E-state index contributed by atoms with van der Waals surface area (Å²) in [5, 5.41) is 0. The minimum absolute atomic E-state index is 0.124. The van der Waals surface area contributed by atoms with E-state index in [-0.39, 0.29) is 5.91 Å². The SMILES string of the molecule is Cc1ccccc1CC[C@@H]1CCCN(C(=O)c2cccnc2)C1. The van der Waals surface area contributed by atoms with E-state index < -0.39 is 0 Å². The molecule has 1 aromatic heterocycles. The van der Waals surface area contributed by atoms with E-state index in [0.29, 0.717) is 11.5 Å². The highest BCUT2D eigenvalue weighted by molar-refractivity contribution is 5.93. The third-order valence-corrected chi connectivity index (χ3v) is 4.80. The van der Waals surface area contributed by atoms with E-state index >= 15 is 0 Å². The van der Waals surface area contributed by atoms with Gasteiger partial charge in [-0.2, -0.15) is 0 Å². The molecule has 0 radical (unpaired) electrons. The van der Waals surface area contributed by atoms with Gasteiger partial charge in [-0.15, -0.1) is 0 Å². The number of likely N-dealkylation sites (tertiary alicyclic amines) is 1. The summed E-state index contributed by atoms with van der Waals surface area (Å²) in [5.74, 6) is 0.725. The van der Waals surface area contributed by atoms with Gasteiger partial charge < -0.3 is 4.90 Å². The standard InChI is InChI=1S/C20H24N2O/c1-16-6-2-3-8-18(16)11-10-17-7-5-13-22(15-17)20(23)19-9-4-12-21-14-19/h2-4,6,8-9,12,14,17H,5,7,10-11,13,15H2,1H3/t17-/m0/s1. The van der Waals surface area contributed by atoms with Crippen molar-refractivity contribution in [2.75, 3.05) is 13.1 Å². The van der Waals surface area contributed by atoms with E-state index in [1.807, 2.05) is 17.0 Å². The van der Waals surface area contributed by atoms with Gasteiger partial charge in [-0.1, -0.05) is 24.3 Å². The second-order valence-corrected chi connectivity index (χ2v) is 6.47. The second kappa shape index (κ2) is 7.40. The van der Waals surface area contributed by atoms with Crippen molar-refractivity contribution in [1.82, 2.24) is 9.88 Å². The van der Waals surface area contributed by atoms with Gasteiger partial charge in [-0.05, 0) is 61.8 Å². The molecule has 3 rings (SSSR count). The Balaban J connectivity index is 1.58. The first-order valence-corrected chi connectivity index (χ1v) is 8.48. The zero-order chi connectivity index (χ0) is 16.1. The molecule has 0 saturated carbocycles. The van der Waals surface area contributed by atoms with Gasteiger partial charge in [0.15, 0.2) is 0 Å². The normalized spacial score (nSPS) is 18.0. The number of rotatable bonds is 4. The lowest BCUT2D eigenvalue weighted by molar-refractivity contribution is 0.0668. The first-order valence-electron chi connectivity index (χ1n) is 8.48. The van der Waals surface area contributed by atoms with E-state index in [1.54, 1.807) is 12.4 Å². The topological polar surface area (TPSA) is 33.2 Å². The Hall–Kier alpha value is -2.16. The molecule has 1 atom stereocenters. The number of carbonyl (C=O) groups is 1. The minimum Gasteiger partial charge on any atom is -0.338 e. The zero-order valence-corrected chi connectivity index (χ0v) is 13.7. The average Bonchev–Trinajstić information content (AvgIpc) is 2.61. The third kappa shape index (κ3) is 3.98. The predicted octanol–water partition coefficient (Wildman–Crippen LogP) is 3.88. The molecular formula is C20H24N2O. The Kier molecular flexibility index (Phi) is 5.06. The van der Waals surface area contributed by atoms with Crippen molar-refractivity contribution in [1.29, 1.82) is 0 Å². The van der Waals surface area contributed by atoms with Crippen LogP contribution in [0.5, 0.6) is 0 Å². The van der Waals surface area contributed by atoms with Crippen LogP contribution in [0.3, 0.4) is 0 Å². The number of aromatic nitrogens is 1. The third-order valence-electron chi connectivity index (χ3n) is 4.80. The van der Waals surface area contributed by atoms with Gasteiger partial charge >= 0.3 is 0 Å². The molecular weight excluding hydrogens is 284 g/mol. The zero-order valence-electron chi connectivity index (χ0n) is 13.7. The number of amides is 1. The van der Waals surface area contributed by atoms with Crippen molar-refractivity contribution in [2.24, 2.45) is 5.92 Å². The van der Waals surface area contributed by atoms with Gasteiger partial charge in [0.25, 0.3) is 5.91 Å². The maximum Gasteiger partial charge on any atom is 0.255 e. The summed E-state index contributed by atoms with van der Waals surface area (Å²) >= 11 is 0. The summed E-state index contributed by atoms with van der Waals surface area (Å²) < 4.78 is 0. The van der Waals surface area contributed by atoms with E-state index in [0.717, 1.165) is 32.4 Å². The lowest BCUT2D eigenvalue weighted by atomic mass is 9.90. The first kappa shape index (κ1) is 15.7. The van der Waals surface area contributed by atoms with E-state index in [1.165, 1.54) is 17.5 Å². The minimum atomic E-state index is 0.124. The van der Waals surface area contributed by atoms with Crippen LogP contribution >= 0.6 is 0 Å². The molecule has 2 aromatic rings. The highest BCUT2D eigenvalue weighted by Gasteiger charge is 2.24. The molecule has 0 spiro atoms. The van der Waals surface area contributed by atoms with E-state index in [2.05, 4.69) is 36.2 Å². The summed E-state index contributed by atoms with van der Waals surface area (Å²) in [6.07, 6.45) is 7.96. The smallest absolute Gasteiger partial charge is 0.255 e. The molecule has 1 amide bonds. The van der Waals surface area contributed by atoms with E-state index in [4.69, 9.17) is 0 Å². The van der Waals surface area contributed by atoms with Crippen molar-refractivity contribution in [3.05, 3.63) is 65.5 Å². The molecule has 23 heavy (non-hydrogen) atoms. The van der Waals surface area contributed by atoms with Gasteiger partial charge in [-0.3, -0.25) is 9.78 Å². The molecule has 3 nitrogen and oxygen atoms in total. The number of benzene rings is 1. The fraction of sp³-hybridized carbons (Fsp3) is 0.400.